The molecule has 7 nitrogen and oxygen atoms in total. The second-order valence-electron chi connectivity index (χ2n) is 5.88. The molecule has 138 valence electrons. The van der Waals surface area contributed by atoms with E-state index in [0.717, 1.165) is 11.3 Å². The van der Waals surface area contributed by atoms with E-state index >= 15 is 0 Å². The molecule has 1 aliphatic rings. The summed E-state index contributed by atoms with van der Waals surface area (Å²) >= 11 is 1.15. The number of thiazole rings is 1. The Balaban J connectivity index is 1.57. The predicted octanol–water partition coefficient (Wildman–Crippen LogP) is 2.50. The number of carbonyl (C=O) groups is 1. The summed E-state index contributed by atoms with van der Waals surface area (Å²) in [6.07, 6.45) is 0. The predicted molar refractivity (Wildman–Crippen MR) is 101 cm³/mol. The van der Waals surface area contributed by atoms with Crippen molar-refractivity contribution in [3.63, 3.8) is 0 Å². The lowest BCUT2D eigenvalue weighted by Gasteiger charge is -2.07. The highest BCUT2D eigenvalue weighted by atomic mass is 32.2. The maximum atomic E-state index is 13.3. The van der Waals surface area contributed by atoms with Crippen LogP contribution < -0.4 is 10.0 Å². The van der Waals surface area contributed by atoms with Gasteiger partial charge in [0.25, 0.3) is 15.9 Å². The molecular formula is C17H13FN4O3S2. The molecule has 0 spiro atoms. The highest BCUT2D eigenvalue weighted by Gasteiger charge is 2.31. The van der Waals surface area contributed by atoms with Crippen LogP contribution in [0.3, 0.4) is 0 Å². The van der Waals surface area contributed by atoms with Gasteiger partial charge < -0.3 is 5.32 Å². The number of aromatic nitrogens is 1. The van der Waals surface area contributed by atoms with E-state index in [9.17, 15) is 17.6 Å². The van der Waals surface area contributed by atoms with Crippen molar-refractivity contribution in [3.05, 3.63) is 53.8 Å². The first-order valence-electron chi connectivity index (χ1n) is 7.90. The van der Waals surface area contributed by atoms with E-state index in [1.807, 2.05) is 0 Å². The molecule has 2 heterocycles. The van der Waals surface area contributed by atoms with Crippen LogP contribution in [0.25, 0.3) is 10.2 Å². The second kappa shape index (κ2) is 6.39. The van der Waals surface area contributed by atoms with Crippen molar-refractivity contribution in [1.29, 1.82) is 0 Å². The molecule has 3 aromatic rings. The Hall–Kier alpha value is -2.85. The van der Waals surface area contributed by atoms with Crippen LogP contribution in [0.4, 0.5) is 9.52 Å². The number of nitrogens with one attached hydrogen (secondary N) is 2. The molecule has 4 rings (SSSR count). The number of carbonyl (C=O) groups excluding carboxylic acids is 1. The van der Waals surface area contributed by atoms with Crippen LogP contribution in [0.2, 0.25) is 0 Å². The number of sulfonamides is 1. The third-order valence-electron chi connectivity index (χ3n) is 3.95. The van der Waals surface area contributed by atoms with Crippen molar-refractivity contribution in [2.24, 2.45) is 4.99 Å². The second-order valence-corrected chi connectivity index (χ2v) is 8.56. The quantitative estimate of drug-likeness (QED) is 0.700. The van der Waals surface area contributed by atoms with E-state index in [1.165, 1.54) is 24.3 Å². The van der Waals surface area contributed by atoms with Crippen LogP contribution in [0.15, 0.2) is 52.4 Å². The number of benzene rings is 2. The monoisotopic (exact) mass is 404 g/mol. The topological polar surface area (TPSA) is 101 Å². The number of hydrogen-bond donors (Lipinski definition) is 2. The minimum Gasteiger partial charge on any atom is -0.300 e. The molecule has 0 radical (unpaired) electrons. The molecule has 10 heteroatoms. The number of halogens is 1. The zero-order chi connectivity index (χ0) is 19.2. The Labute approximate surface area is 158 Å². The van der Waals surface area contributed by atoms with Gasteiger partial charge in [-0.05, 0) is 37.3 Å². The van der Waals surface area contributed by atoms with Crippen LogP contribution in [0, 0.1) is 5.82 Å². The van der Waals surface area contributed by atoms with E-state index in [0.29, 0.717) is 20.9 Å². The normalized spacial score (nSPS) is 17.5. The summed E-state index contributed by atoms with van der Waals surface area (Å²) < 4.78 is 40.4. The lowest BCUT2D eigenvalue weighted by molar-refractivity contribution is -0.117. The fraction of sp³-hybridized carbons (Fsp3) is 0.118. The minimum atomic E-state index is -3.66. The van der Waals surface area contributed by atoms with E-state index in [4.69, 9.17) is 0 Å². The summed E-state index contributed by atoms with van der Waals surface area (Å²) in [7, 11) is -3.66. The van der Waals surface area contributed by atoms with Crippen molar-refractivity contribution in [3.8, 4) is 0 Å². The van der Waals surface area contributed by atoms with Crippen molar-refractivity contribution in [2.45, 2.75) is 17.9 Å². The van der Waals surface area contributed by atoms with Gasteiger partial charge in [-0.25, -0.2) is 17.8 Å². The van der Waals surface area contributed by atoms with Crippen LogP contribution in [-0.4, -0.2) is 31.2 Å². The molecule has 1 aliphatic heterocycles. The molecule has 0 bridgehead atoms. The first-order valence-corrected chi connectivity index (χ1v) is 10.2. The lowest BCUT2D eigenvalue weighted by atomic mass is 10.2. The van der Waals surface area contributed by atoms with Crippen molar-refractivity contribution >= 4 is 48.5 Å². The molecule has 27 heavy (non-hydrogen) atoms. The third-order valence-corrected chi connectivity index (χ3v) is 6.28. The van der Waals surface area contributed by atoms with Gasteiger partial charge in [0.05, 0.1) is 15.1 Å². The summed E-state index contributed by atoms with van der Waals surface area (Å²) in [6, 6.07) is 9.73. The van der Waals surface area contributed by atoms with Gasteiger partial charge in [0.2, 0.25) is 0 Å². The number of hydrogen-bond acceptors (Lipinski definition) is 6. The summed E-state index contributed by atoms with van der Waals surface area (Å²) in [5.41, 5.74) is 1.00. The number of nitrogens with zero attached hydrogens (tertiary/aromatic N) is 2. The van der Waals surface area contributed by atoms with E-state index in [-0.39, 0.29) is 16.5 Å². The van der Waals surface area contributed by atoms with Gasteiger partial charge in [0, 0.05) is 5.56 Å². The van der Waals surface area contributed by atoms with E-state index in [2.05, 4.69) is 20.0 Å². The number of rotatable bonds is 3. The van der Waals surface area contributed by atoms with Gasteiger partial charge in [0.15, 0.2) is 5.13 Å². The molecule has 1 atom stereocenters. The first kappa shape index (κ1) is 17.6. The summed E-state index contributed by atoms with van der Waals surface area (Å²) in [5.74, 6) is -0.707. The zero-order valence-electron chi connectivity index (χ0n) is 13.9. The number of anilines is 1. The van der Waals surface area contributed by atoms with Crippen LogP contribution in [0.1, 0.15) is 12.5 Å². The highest BCUT2D eigenvalue weighted by molar-refractivity contribution is 7.90. The summed E-state index contributed by atoms with van der Waals surface area (Å²) in [4.78, 5) is 21.0. The van der Waals surface area contributed by atoms with E-state index < -0.39 is 22.0 Å². The number of aliphatic imine (C=N–C) groups is 1. The van der Waals surface area contributed by atoms with Crippen LogP contribution in [0.5, 0.6) is 0 Å². The average Bonchev–Trinajstić information content (AvgIpc) is 3.12. The van der Waals surface area contributed by atoms with Gasteiger partial charge in [0.1, 0.15) is 17.7 Å². The molecule has 0 saturated carbocycles. The Bertz CT molecular complexity index is 1200. The largest absolute Gasteiger partial charge is 0.300 e. The fourth-order valence-electron chi connectivity index (χ4n) is 2.64. The van der Waals surface area contributed by atoms with E-state index in [1.54, 1.807) is 25.1 Å². The smallest absolute Gasteiger partial charge is 0.263 e. The lowest BCUT2D eigenvalue weighted by Crippen LogP contribution is -2.28. The molecule has 0 saturated heterocycles. The average molecular weight is 404 g/mol. The molecule has 2 aromatic carbocycles. The molecule has 2 N–H and O–H groups in total. The standard InChI is InChI=1S/C17H13FN4O3S2/c1-9(19-15-11-4-2-3-5-14(11)27(24,25)22-15)16(23)21-17-20-12-7-6-10(18)8-13(12)26-17/h2-9H,1H3,(H,19,22)(H,20,21,23)/t9-/m1/s1. The fourth-order valence-corrected chi connectivity index (χ4v) is 4.78. The van der Waals surface area contributed by atoms with Gasteiger partial charge in [-0.1, -0.05) is 23.5 Å². The zero-order valence-corrected chi connectivity index (χ0v) is 15.6. The molecule has 0 unspecified atom stereocenters. The molecule has 0 aliphatic carbocycles. The Morgan fingerprint density at radius 3 is 2.89 bits per heavy atom. The SMILES string of the molecule is C[C@@H](N=C1NS(=O)(=O)c2ccccc21)C(=O)Nc1nc2ccc(F)cc2s1. The number of amidine groups is 1. The minimum absolute atomic E-state index is 0.125. The first-order chi connectivity index (χ1) is 12.8. The number of amides is 1. The van der Waals surface area contributed by atoms with Gasteiger partial charge in [-0.2, -0.15) is 0 Å². The molecule has 0 fully saturated rings. The van der Waals surface area contributed by atoms with Crippen LogP contribution >= 0.6 is 11.3 Å². The Morgan fingerprint density at radius 2 is 2.07 bits per heavy atom. The van der Waals surface area contributed by atoms with Crippen molar-refractivity contribution < 1.29 is 17.6 Å². The molecule has 1 amide bonds. The molecular weight excluding hydrogens is 391 g/mol. The Morgan fingerprint density at radius 1 is 1.30 bits per heavy atom. The van der Waals surface area contributed by atoms with Gasteiger partial charge >= 0.3 is 0 Å². The van der Waals surface area contributed by atoms with Gasteiger partial charge in [-0.3, -0.25) is 14.5 Å². The maximum absolute atomic E-state index is 13.3. The van der Waals surface area contributed by atoms with Gasteiger partial charge in [-0.15, -0.1) is 0 Å². The summed E-state index contributed by atoms with van der Waals surface area (Å²) in [5, 5.41) is 2.95. The highest BCUT2D eigenvalue weighted by Crippen LogP contribution is 2.27. The third kappa shape index (κ3) is 3.28. The summed E-state index contributed by atoms with van der Waals surface area (Å²) in [6.45, 7) is 1.55. The maximum Gasteiger partial charge on any atom is 0.263 e. The van der Waals surface area contributed by atoms with Crippen molar-refractivity contribution in [1.82, 2.24) is 9.71 Å². The van der Waals surface area contributed by atoms with Crippen LogP contribution in [-0.2, 0) is 14.8 Å². The number of fused-ring (bicyclic) bond motifs is 2. The molecule has 1 aromatic heterocycles. The Kier molecular flexibility index (Phi) is 4.16. The van der Waals surface area contributed by atoms with Crippen molar-refractivity contribution in [2.75, 3.05) is 5.32 Å².